The molecule has 22 heavy (non-hydrogen) atoms. The molecule has 0 saturated carbocycles. The van der Waals surface area contributed by atoms with Crippen molar-refractivity contribution in [3.05, 3.63) is 64.7 Å². The van der Waals surface area contributed by atoms with Crippen molar-refractivity contribution in [2.45, 2.75) is 29.9 Å². The number of hydrogen-bond donors (Lipinski definition) is 1. The van der Waals surface area contributed by atoms with Crippen LogP contribution in [0.3, 0.4) is 0 Å². The van der Waals surface area contributed by atoms with E-state index in [-0.39, 0.29) is 5.78 Å². The highest BCUT2D eigenvalue weighted by Gasteiger charge is 2.24. The topological polar surface area (TPSA) is 54.4 Å². The van der Waals surface area contributed by atoms with Gasteiger partial charge < -0.3 is 5.11 Å². The van der Waals surface area contributed by atoms with Gasteiger partial charge in [-0.25, -0.2) is 0 Å². The molecule has 3 nitrogen and oxygen atoms in total. The Kier molecular flexibility index (Phi) is 4.03. The molecule has 112 valence electrons. The van der Waals surface area contributed by atoms with Gasteiger partial charge in [0.15, 0.2) is 5.78 Å². The fourth-order valence-electron chi connectivity index (χ4n) is 2.78. The zero-order chi connectivity index (χ0) is 15.7. The third kappa shape index (κ3) is 2.55. The molecule has 1 N–H and O–H groups in total. The lowest BCUT2D eigenvalue weighted by Crippen LogP contribution is -2.11. The summed E-state index contributed by atoms with van der Waals surface area (Å²) in [6, 6.07) is 13.0. The molecule has 2 aromatic rings. The van der Waals surface area contributed by atoms with E-state index in [2.05, 4.69) is 0 Å². The van der Waals surface area contributed by atoms with E-state index < -0.39 is 11.9 Å². The second-order valence-corrected chi connectivity index (χ2v) is 6.35. The number of thioether (sulfide) groups is 1. The summed E-state index contributed by atoms with van der Waals surface area (Å²) in [5.41, 5.74) is 3.20. The third-order valence-electron chi connectivity index (χ3n) is 4.00. The molecule has 1 aliphatic rings. The van der Waals surface area contributed by atoms with Crippen molar-refractivity contribution in [1.29, 1.82) is 0 Å². The molecule has 1 atom stereocenters. The molecule has 0 aliphatic carbocycles. The number of carbonyl (C=O) groups excluding carboxylic acids is 1. The van der Waals surface area contributed by atoms with E-state index in [4.69, 9.17) is 0 Å². The molecule has 0 amide bonds. The number of benzene rings is 2. The van der Waals surface area contributed by atoms with Crippen molar-refractivity contribution >= 4 is 23.5 Å². The number of fused-ring (bicyclic) bond motifs is 2. The molecule has 1 aliphatic heterocycles. The van der Waals surface area contributed by atoms with Crippen LogP contribution in [0.4, 0.5) is 0 Å². The minimum Gasteiger partial charge on any atom is -0.481 e. The summed E-state index contributed by atoms with van der Waals surface area (Å²) >= 11 is 1.60. The van der Waals surface area contributed by atoms with Crippen LogP contribution in [0.15, 0.2) is 47.4 Å². The van der Waals surface area contributed by atoms with E-state index in [1.54, 1.807) is 23.9 Å². The summed E-state index contributed by atoms with van der Waals surface area (Å²) in [5.74, 6) is -0.602. The first-order valence-electron chi connectivity index (χ1n) is 7.24. The average Bonchev–Trinajstić information content (AvgIpc) is 2.66. The predicted molar refractivity (Wildman–Crippen MR) is 86.5 cm³/mol. The summed E-state index contributed by atoms with van der Waals surface area (Å²) in [7, 11) is 0. The first kappa shape index (κ1) is 14.9. The summed E-state index contributed by atoms with van der Waals surface area (Å²) in [4.78, 5) is 24.9. The van der Waals surface area contributed by atoms with Gasteiger partial charge >= 0.3 is 5.97 Å². The Hall–Kier alpha value is -2.07. The lowest BCUT2D eigenvalue weighted by Gasteiger charge is -2.13. The van der Waals surface area contributed by atoms with Crippen LogP contribution in [0.2, 0.25) is 0 Å². The molecule has 1 unspecified atom stereocenters. The Balaban J connectivity index is 2.05. The number of carboxylic acid groups (broad SMARTS) is 1. The minimum atomic E-state index is -0.823. The SMILES string of the molecule is CCC(C(=O)O)c1ccc2c(c1)SCc1ccccc1C2=O. The van der Waals surface area contributed by atoms with E-state index in [0.717, 1.165) is 27.3 Å². The fraction of sp³-hybridized carbons (Fsp3) is 0.222. The first-order chi connectivity index (χ1) is 10.6. The van der Waals surface area contributed by atoms with Crippen molar-refractivity contribution in [2.75, 3.05) is 0 Å². The van der Waals surface area contributed by atoms with E-state index in [1.165, 1.54) is 0 Å². The zero-order valence-corrected chi connectivity index (χ0v) is 13.0. The Morgan fingerprint density at radius 3 is 2.73 bits per heavy atom. The van der Waals surface area contributed by atoms with E-state index in [1.807, 2.05) is 37.3 Å². The quantitative estimate of drug-likeness (QED) is 0.927. The van der Waals surface area contributed by atoms with E-state index in [9.17, 15) is 14.7 Å². The number of ketones is 1. The Morgan fingerprint density at radius 2 is 2.00 bits per heavy atom. The molecule has 3 rings (SSSR count). The summed E-state index contributed by atoms with van der Waals surface area (Å²) in [5, 5.41) is 9.31. The maximum absolute atomic E-state index is 12.7. The largest absolute Gasteiger partial charge is 0.481 e. The molecule has 0 saturated heterocycles. The van der Waals surface area contributed by atoms with Gasteiger partial charge in [0, 0.05) is 21.8 Å². The van der Waals surface area contributed by atoms with Gasteiger partial charge in [-0.05, 0) is 29.7 Å². The van der Waals surface area contributed by atoms with E-state index >= 15 is 0 Å². The van der Waals surface area contributed by atoms with Crippen molar-refractivity contribution in [3.8, 4) is 0 Å². The highest BCUT2D eigenvalue weighted by molar-refractivity contribution is 7.98. The second kappa shape index (κ2) is 5.97. The van der Waals surface area contributed by atoms with Gasteiger partial charge in [0.1, 0.15) is 0 Å². The van der Waals surface area contributed by atoms with Crippen molar-refractivity contribution in [2.24, 2.45) is 0 Å². The monoisotopic (exact) mass is 312 g/mol. The van der Waals surface area contributed by atoms with Crippen LogP contribution in [0.1, 0.15) is 46.3 Å². The van der Waals surface area contributed by atoms with Crippen molar-refractivity contribution in [1.82, 2.24) is 0 Å². The maximum Gasteiger partial charge on any atom is 0.310 e. The van der Waals surface area contributed by atoms with Gasteiger partial charge in [0.25, 0.3) is 0 Å². The highest BCUT2D eigenvalue weighted by atomic mass is 32.2. The van der Waals surface area contributed by atoms with Gasteiger partial charge in [-0.3, -0.25) is 9.59 Å². The molecule has 0 aromatic heterocycles. The maximum atomic E-state index is 12.7. The van der Waals surface area contributed by atoms with Crippen LogP contribution in [0, 0.1) is 0 Å². The van der Waals surface area contributed by atoms with Crippen LogP contribution in [-0.2, 0) is 10.5 Å². The number of carbonyl (C=O) groups is 2. The van der Waals surface area contributed by atoms with Crippen LogP contribution < -0.4 is 0 Å². The lowest BCUT2D eigenvalue weighted by molar-refractivity contribution is -0.138. The zero-order valence-electron chi connectivity index (χ0n) is 12.2. The molecule has 2 aromatic carbocycles. The van der Waals surface area contributed by atoms with Crippen LogP contribution in [0.5, 0.6) is 0 Å². The molecule has 4 heteroatoms. The summed E-state index contributed by atoms with van der Waals surface area (Å²) in [6.07, 6.45) is 0.535. The normalized spacial score (nSPS) is 14.7. The van der Waals surface area contributed by atoms with Gasteiger partial charge in [-0.15, -0.1) is 11.8 Å². The lowest BCUT2D eigenvalue weighted by atomic mass is 9.93. The Morgan fingerprint density at radius 1 is 1.23 bits per heavy atom. The first-order valence-corrected chi connectivity index (χ1v) is 8.22. The standard InChI is InChI=1S/C18H16O3S/c1-2-13(18(20)21)11-7-8-15-16(9-11)22-10-12-5-3-4-6-14(12)17(15)19/h3-9,13H,2,10H2,1H3,(H,20,21). The highest BCUT2D eigenvalue weighted by Crippen LogP contribution is 2.36. The number of rotatable bonds is 3. The molecule has 0 spiro atoms. The number of carboxylic acids is 1. The van der Waals surface area contributed by atoms with Gasteiger partial charge in [0.2, 0.25) is 0 Å². The van der Waals surface area contributed by atoms with Crippen LogP contribution >= 0.6 is 11.8 Å². The summed E-state index contributed by atoms with van der Waals surface area (Å²) in [6.45, 7) is 1.86. The Labute approximate surface area is 133 Å². The molecular formula is C18H16O3S. The molecule has 0 fully saturated rings. The van der Waals surface area contributed by atoms with Gasteiger partial charge in [-0.2, -0.15) is 0 Å². The third-order valence-corrected chi connectivity index (χ3v) is 5.11. The van der Waals surface area contributed by atoms with Crippen molar-refractivity contribution < 1.29 is 14.7 Å². The molecule has 0 bridgehead atoms. The molecule has 0 radical (unpaired) electrons. The Bertz CT molecular complexity index is 752. The van der Waals surface area contributed by atoms with Crippen LogP contribution in [-0.4, -0.2) is 16.9 Å². The van der Waals surface area contributed by atoms with E-state index in [0.29, 0.717) is 12.0 Å². The predicted octanol–water partition coefficient (Wildman–Crippen LogP) is 4.10. The molecular weight excluding hydrogens is 296 g/mol. The minimum absolute atomic E-state index is 0.0190. The summed E-state index contributed by atoms with van der Waals surface area (Å²) < 4.78 is 0. The van der Waals surface area contributed by atoms with Crippen LogP contribution in [0.25, 0.3) is 0 Å². The smallest absolute Gasteiger partial charge is 0.310 e. The second-order valence-electron chi connectivity index (χ2n) is 5.33. The van der Waals surface area contributed by atoms with Gasteiger partial charge in [0.05, 0.1) is 5.92 Å². The number of aliphatic carboxylic acids is 1. The average molecular weight is 312 g/mol. The fourth-order valence-corrected chi connectivity index (χ4v) is 3.88. The molecule has 1 heterocycles. The van der Waals surface area contributed by atoms with Gasteiger partial charge in [-0.1, -0.05) is 37.3 Å². The number of hydrogen-bond acceptors (Lipinski definition) is 3. The van der Waals surface area contributed by atoms with Crippen molar-refractivity contribution in [3.63, 3.8) is 0 Å².